The molecule has 134 valence electrons. The molecule has 27 heavy (non-hydrogen) atoms. The molecule has 1 saturated carbocycles. The molecule has 1 fully saturated rings. The Labute approximate surface area is 158 Å². The maximum atomic E-state index is 12.8. The Morgan fingerprint density at radius 1 is 0.704 bits per heavy atom. The van der Waals surface area contributed by atoms with Crippen molar-refractivity contribution in [1.29, 1.82) is 0 Å². The van der Waals surface area contributed by atoms with Crippen molar-refractivity contribution in [2.45, 2.75) is 12.8 Å². The second kappa shape index (κ2) is 7.46. The molecule has 0 spiro atoms. The molecule has 3 aromatic rings. The van der Waals surface area contributed by atoms with Crippen molar-refractivity contribution in [1.82, 2.24) is 0 Å². The van der Waals surface area contributed by atoms with Crippen LogP contribution in [0.1, 0.15) is 23.2 Å². The first kappa shape index (κ1) is 17.0. The summed E-state index contributed by atoms with van der Waals surface area (Å²) in [7, 11) is 0. The molecule has 4 nitrogen and oxygen atoms in total. The zero-order valence-electron chi connectivity index (χ0n) is 14.8. The van der Waals surface area contributed by atoms with Gasteiger partial charge in [0.05, 0.1) is 0 Å². The van der Waals surface area contributed by atoms with E-state index in [0.717, 1.165) is 29.7 Å². The van der Waals surface area contributed by atoms with E-state index < -0.39 is 0 Å². The van der Waals surface area contributed by atoms with Crippen molar-refractivity contribution in [3.8, 4) is 11.1 Å². The van der Waals surface area contributed by atoms with E-state index >= 15 is 0 Å². The van der Waals surface area contributed by atoms with Crippen molar-refractivity contribution in [2.75, 3.05) is 10.6 Å². The molecule has 1 aliphatic carbocycles. The first-order valence-electron chi connectivity index (χ1n) is 9.07. The predicted octanol–water partition coefficient (Wildman–Crippen LogP) is 4.95. The fraction of sp³-hybridized carbons (Fsp3) is 0.130. The SMILES string of the molecule is O=C(Nc1ccc(NC(=O)C2CC2)cc1)c1ccccc1-c1ccccc1. The first-order valence-corrected chi connectivity index (χ1v) is 9.07. The van der Waals surface area contributed by atoms with E-state index in [1.165, 1.54) is 0 Å². The van der Waals surface area contributed by atoms with E-state index in [-0.39, 0.29) is 17.7 Å². The molecule has 0 saturated heterocycles. The van der Waals surface area contributed by atoms with Crippen molar-refractivity contribution in [2.24, 2.45) is 5.92 Å². The third-order valence-corrected chi connectivity index (χ3v) is 4.61. The minimum absolute atomic E-state index is 0.0728. The van der Waals surface area contributed by atoms with Gasteiger partial charge in [0.15, 0.2) is 0 Å². The van der Waals surface area contributed by atoms with Crippen LogP contribution in [0, 0.1) is 5.92 Å². The second-order valence-electron chi connectivity index (χ2n) is 6.71. The van der Waals surface area contributed by atoms with E-state index in [2.05, 4.69) is 10.6 Å². The van der Waals surface area contributed by atoms with E-state index in [0.29, 0.717) is 11.3 Å². The number of rotatable bonds is 5. The average Bonchev–Trinajstić information content (AvgIpc) is 3.55. The van der Waals surface area contributed by atoms with Gasteiger partial charge in [-0.1, -0.05) is 48.5 Å². The van der Waals surface area contributed by atoms with Gasteiger partial charge >= 0.3 is 0 Å². The molecule has 2 amide bonds. The number of carbonyl (C=O) groups is 2. The summed E-state index contributed by atoms with van der Waals surface area (Å²) >= 11 is 0. The number of hydrogen-bond acceptors (Lipinski definition) is 2. The maximum Gasteiger partial charge on any atom is 0.256 e. The zero-order valence-corrected chi connectivity index (χ0v) is 14.8. The largest absolute Gasteiger partial charge is 0.326 e. The number of amides is 2. The van der Waals surface area contributed by atoms with Gasteiger partial charge in [-0.25, -0.2) is 0 Å². The molecule has 1 aliphatic rings. The lowest BCUT2D eigenvalue weighted by Gasteiger charge is -2.11. The van der Waals surface area contributed by atoms with E-state index in [4.69, 9.17) is 0 Å². The maximum absolute atomic E-state index is 12.8. The van der Waals surface area contributed by atoms with Crippen LogP contribution in [0.5, 0.6) is 0 Å². The molecule has 0 unspecified atom stereocenters. The Morgan fingerprint density at radius 2 is 1.30 bits per heavy atom. The normalized spacial score (nSPS) is 13.0. The van der Waals surface area contributed by atoms with Gasteiger partial charge in [0, 0.05) is 22.9 Å². The Bertz CT molecular complexity index is 961. The molecule has 2 N–H and O–H groups in total. The van der Waals surface area contributed by atoms with Crippen LogP contribution in [0.25, 0.3) is 11.1 Å². The standard InChI is InChI=1S/C23H20N2O2/c26-22(17-10-11-17)24-18-12-14-19(15-13-18)25-23(27)21-9-5-4-8-20(21)16-6-2-1-3-7-16/h1-9,12-15,17H,10-11H2,(H,24,26)(H,25,27). The molecule has 0 aliphatic heterocycles. The van der Waals surface area contributed by atoms with Crippen LogP contribution in [0.3, 0.4) is 0 Å². The quantitative estimate of drug-likeness (QED) is 0.679. The van der Waals surface area contributed by atoms with Crippen LogP contribution in [-0.4, -0.2) is 11.8 Å². The molecule has 3 aromatic carbocycles. The van der Waals surface area contributed by atoms with Crippen LogP contribution in [0.2, 0.25) is 0 Å². The highest BCUT2D eigenvalue weighted by atomic mass is 16.2. The summed E-state index contributed by atoms with van der Waals surface area (Å²) in [5, 5.41) is 5.83. The minimum Gasteiger partial charge on any atom is -0.326 e. The van der Waals surface area contributed by atoms with Gasteiger partial charge in [-0.05, 0) is 54.3 Å². The highest BCUT2D eigenvalue weighted by molar-refractivity contribution is 6.08. The summed E-state index contributed by atoms with van der Waals surface area (Å²) < 4.78 is 0. The van der Waals surface area contributed by atoms with Gasteiger partial charge in [-0.2, -0.15) is 0 Å². The second-order valence-corrected chi connectivity index (χ2v) is 6.71. The Balaban J connectivity index is 1.49. The third-order valence-electron chi connectivity index (χ3n) is 4.61. The van der Waals surface area contributed by atoms with Gasteiger partial charge in [0.25, 0.3) is 5.91 Å². The van der Waals surface area contributed by atoms with Gasteiger partial charge in [0.2, 0.25) is 5.91 Å². The van der Waals surface area contributed by atoms with Crippen LogP contribution < -0.4 is 10.6 Å². The van der Waals surface area contributed by atoms with Crippen molar-refractivity contribution in [3.63, 3.8) is 0 Å². The summed E-state index contributed by atoms with van der Waals surface area (Å²) in [5.74, 6) is 0.0756. The lowest BCUT2D eigenvalue weighted by molar-refractivity contribution is -0.117. The average molecular weight is 356 g/mol. The number of hydrogen-bond donors (Lipinski definition) is 2. The predicted molar refractivity (Wildman–Crippen MR) is 108 cm³/mol. The fourth-order valence-electron chi connectivity index (χ4n) is 2.98. The Kier molecular flexibility index (Phi) is 4.71. The molecule has 0 atom stereocenters. The zero-order chi connectivity index (χ0) is 18.6. The summed E-state index contributed by atoms with van der Waals surface area (Å²) in [5.41, 5.74) is 3.95. The number of benzene rings is 3. The van der Waals surface area contributed by atoms with Crippen molar-refractivity contribution >= 4 is 23.2 Å². The van der Waals surface area contributed by atoms with E-state index in [9.17, 15) is 9.59 Å². The van der Waals surface area contributed by atoms with Gasteiger partial charge < -0.3 is 10.6 Å². The van der Waals surface area contributed by atoms with E-state index in [1.807, 2.05) is 54.6 Å². The Morgan fingerprint density at radius 3 is 1.96 bits per heavy atom. The lowest BCUT2D eigenvalue weighted by Crippen LogP contribution is -2.14. The highest BCUT2D eigenvalue weighted by Gasteiger charge is 2.29. The van der Waals surface area contributed by atoms with Crippen molar-refractivity contribution in [3.05, 3.63) is 84.4 Å². The Hall–Kier alpha value is -3.40. The minimum atomic E-state index is -0.163. The summed E-state index contributed by atoms with van der Waals surface area (Å²) in [6, 6.07) is 24.6. The number of anilines is 2. The van der Waals surface area contributed by atoms with Crippen molar-refractivity contribution < 1.29 is 9.59 Å². The van der Waals surface area contributed by atoms with Crippen LogP contribution in [-0.2, 0) is 4.79 Å². The molecule has 0 aromatic heterocycles. The van der Waals surface area contributed by atoms with Gasteiger partial charge in [0.1, 0.15) is 0 Å². The van der Waals surface area contributed by atoms with Crippen LogP contribution >= 0.6 is 0 Å². The molecule has 4 rings (SSSR count). The monoisotopic (exact) mass is 356 g/mol. The van der Waals surface area contributed by atoms with Gasteiger partial charge in [-0.3, -0.25) is 9.59 Å². The summed E-state index contributed by atoms with van der Waals surface area (Å²) in [6.45, 7) is 0. The molecule has 4 heteroatoms. The van der Waals surface area contributed by atoms with Gasteiger partial charge in [-0.15, -0.1) is 0 Å². The third kappa shape index (κ3) is 4.06. The number of nitrogens with one attached hydrogen (secondary N) is 2. The van der Waals surface area contributed by atoms with Crippen LogP contribution in [0.15, 0.2) is 78.9 Å². The first-order chi connectivity index (χ1) is 13.2. The molecule has 0 bridgehead atoms. The molecule has 0 heterocycles. The fourth-order valence-corrected chi connectivity index (χ4v) is 2.98. The van der Waals surface area contributed by atoms with E-state index in [1.54, 1.807) is 24.3 Å². The summed E-state index contributed by atoms with van der Waals surface area (Å²) in [6.07, 6.45) is 1.95. The highest BCUT2D eigenvalue weighted by Crippen LogP contribution is 2.30. The molecule has 0 radical (unpaired) electrons. The summed E-state index contributed by atoms with van der Waals surface area (Å²) in [4.78, 5) is 24.6. The number of carbonyl (C=O) groups excluding carboxylic acids is 2. The lowest BCUT2D eigenvalue weighted by atomic mass is 9.99. The molecular formula is C23H20N2O2. The van der Waals surface area contributed by atoms with Crippen LogP contribution in [0.4, 0.5) is 11.4 Å². The topological polar surface area (TPSA) is 58.2 Å². The molecular weight excluding hydrogens is 336 g/mol. The smallest absolute Gasteiger partial charge is 0.256 e.